The van der Waals surface area contributed by atoms with Gasteiger partial charge in [-0.3, -0.25) is 4.79 Å². The summed E-state index contributed by atoms with van der Waals surface area (Å²) in [5.41, 5.74) is 1.62. The highest BCUT2D eigenvalue weighted by molar-refractivity contribution is 6.33. The van der Waals surface area contributed by atoms with Crippen LogP contribution in [0, 0.1) is 0 Å². The van der Waals surface area contributed by atoms with Crippen molar-refractivity contribution in [3.8, 4) is 0 Å². The number of esters is 1. The second kappa shape index (κ2) is 6.90. The lowest BCUT2D eigenvalue weighted by molar-refractivity contribution is -0.115. The summed E-state index contributed by atoms with van der Waals surface area (Å²) in [5, 5.41) is 3.06. The van der Waals surface area contributed by atoms with Gasteiger partial charge in [0.2, 0.25) is 5.91 Å². The molecule has 0 radical (unpaired) electrons. The molecule has 4 nitrogen and oxygen atoms in total. The van der Waals surface area contributed by atoms with E-state index in [9.17, 15) is 9.59 Å². The fourth-order valence-corrected chi connectivity index (χ4v) is 2.01. The Morgan fingerprint density at radius 2 is 1.86 bits per heavy atom. The van der Waals surface area contributed by atoms with E-state index in [1.54, 1.807) is 12.1 Å². The van der Waals surface area contributed by atoms with Crippen molar-refractivity contribution in [3.63, 3.8) is 0 Å². The molecule has 1 amide bonds. The molecule has 2 rings (SSSR count). The Balaban J connectivity index is 2.11. The van der Waals surface area contributed by atoms with Crippen LogP contribution in [0.5, 0.6) is 0 Å². The second-order valence-electron chi connectivity index (χ2n) is 4.40. The molecule has 5 heteroatoms. The number of nitrogens with one attached hydrogen (secondary N) is 1. The van der Waals surface area contributed by atoms with Gasteiger partial charge in [-0.2, -0.15) is 0 Å². The van der Waals surface area contributed by atoms with Crippen molar-refractivity contribution in [1.29, 1.82) is 0 Å². The number of benzene rings is 2. The Labute approximate surface area is 127 Å². The summed E-state index contributed by atoms with van der Waals surface area (Å²) < 4.78 is 4.64. The number of halogens is 1. The Hall–Kier alpha value is -2.33. The van der Waals surface area contributed by atoms with Crippen molar-refractivity contribution in [2.75, 3.05) is 12.4 Å². The van der Waals surface area contributed by atoms with Crippen LogP contribution < -0.4 is 5.32 Å². The summed E-state index contributed by atoms with van der Waals surface area (Å²) in [7, 11) is 1.30. The fraction of sp³-hybridized carbons (Fsp3) is 0.125. The first-order valence-corrected chi connectivity index (χ1v) is 6.69. The van der Waals surface area contributed by atoms with E-state index in [4.69, 9.17) is 11.6 Å². The topological polar surface area (TPSA) is 55.4 Å². The lowest BCUT2D eigenvalue weighted by atomic mass is 10.1. The number of rotatable bonds is 4. The van der Waals surface area contributed by atoms with E-state index in [0.717, 1.165) is 5.56 Å². The maximum absolute atomic E-state index is 12.0. The fourth-order valence-electron chi connectivity index (χ4n) is 1.84. The molecule has 0 aliphatic heterocycles. The molecule has 2 aromatic rings. The summed E-state index contributed by atoms with van der Waals surface area (Å²) in [5.74, 6) is -0.685. The number of amides is 1. The molecule has 21 heavy (non-hydrogen) atoms. The maximum atomic E-state index is 12.0. The monoisotopic (exact) mass is 303 g/mol. The minimum atomic E-state index is -0.481. The number of carbonyl (C=O) groups excluding carboxylic acids is 2. The zero-order chi connectivity index (χ0) is 15.2. The Morgan fingerprint density at radius 3 is 2.52 bits per heavy atom. The number of methoxy groups -OCH3 is 1. The normalized spacial score (nSPS) is 10.0. The van der Waals surface area contributed by atoms with Crippen molar-refractivity contribution in [2.24, 2.45) is 0 Å². The van der Waals surface area contributed by atoms with E-state index in [-0.39, 0.29) is 12.3 Å². The van der Waals surface area contributed by atoms with Gasteiger partial charge in [0, 0.05) is 0 Å². The van der Waals surface area contributed by atoms with Gasteiger partial charge in [0.15, 0.2) is 0 Å². The quantitative estimate of drug-likeness (QED) is 0.882. The molecular weight excluding hydrogens is 290 g/mol. The van der Waals surface area contributed by atoms with Crippen molar-refractivity contribution >= 4 is 29.2 Å². The molecule has 0 atom stereocenters. The first-order chi connectivity index (χ1) is 10.1. The third-order valence-electron chi connectivity index (χ3n) is 2.87. The minimum Gasteiger partial charge on any atom is -0.465 e. The number of ether oxygens (including phenoxy) is 1. The van der Waals surface area contributed by atoms with E-state index in [0.29, 0.717) is 16.3 Å². The van der Waals surface area contributed by atoms with E-state index in [1.807, 2.05) is 30.3 Å². The van der Waals surface area contributed by atoms with Gasteiger partial charge in [-0.1, -0.05) is 41.9 Å². The predicted octanol–water partition coefficient (Wildman–Crippen LogP) is 3.31. The highest BCUT2D eigenvalue weighted by atomic mass is 35.5. The van der Waals surface area contributed by atoms with Crippen LogP contribution in [0.25, 0.3) is 0 Å². The molecular formula is C16H14ClNO3. The smallest absolute Gasteiger partial charge is 0.337 e. The van der Waals surface area contributed by atoms with Gasteiger partial charge in [-0.05, 0) is 23.8 Å². The van der Waals surface area contributed by atoms with Crippen LogP contribution in [0.15, 0.2) is 48.5 Å². The van der Waals surface area contributed by atoms with Crippen LogP contribution in [0.4, 0.5) is 5.69 Å². The van der Waals surface area contributed by atoms with E-state index in [1.165, 1.54) is 13.2 Å². The van der Waals surface area contributed by atoms with Crippen molar-refractivity contribution in [1.82, 2.24) is 0 Å². The standard InChI is InChI=1S/C16H14ClNO3/c1-21-16(20)12-7-8-13(17)14(10-12)18-15(19)9-11-5-3-2-4-6-11/h2-8,10H,9H2,1H3,(H,18,19). The summed E-state index contributed by atoms with van der Waals surface area (Å²) in [4.78, 5) is 23.5. The average Bonchev–Trinajstić information content (AvgIpc) is 2.49. The SMILES string of the molecule is COC(=O)c1ccc(Cl)c(NC(=O)Cc2ccccc2)c1. The summed E-state index contributed by atoms with van der Waals surface area (Å²) in [6.07, 6.45) is 0.236. The molecule has 0 fully saturated rings. The van der Waals surface area contributed by atoms with Gasteiger partial charge in [0.05, 0.1) is 29.8 Å². The summed E-state index contributed by atoms with van der Waals surface area (Å²) in [6, 6.07) is 13.9. The van der Waals surface area contributed by atoms with Crippen LogP contribution in [-0.4, -0.2) is 19.0 Å². The maximum Gasteiger partial charge on any atom is 0.337 e. The average molecular weight is 304 g/mol. The van der Waals surface area contributed by atoms with Gasteiger partial charge >= 0.3 is 5.97 Å². The van der Waals surface area contributed by atoms with Crippen LogP contribution in [0.1, 0.15) is 15.9 Å². The first-order valence-electron chi connectivity index (χ1n) is 6.32. The van der Waals surface area contributed by atoms with Gasteiger partial charge in [-0.25, -0.2) is 4.79 Å². The van der Waals surface area contributed by atoms with Crippen molar-refractivity contribution in [3.05, 3.63) is 64.7 Å². The van der Waals surface area contributed by atoms with E-state index in [2.05, 4.69) is 10.1 Å². The molecule has 1 N–H and O–H groups in total. The van der Waals surface area contributed by atoms with Crippen LogP contribution in [0.2, 0.25) is 5.02 Å². The highest BCUT2D eigenvalue weighted by Crippen LogP contribution is 2.23. The predicted molar refractivity (Wildman–Crippen MR) is 81.6 cm³/mol. The Bertz CT molecular complexity index is 656. The van der Waals surface area contributed by atoms with Gasteiger partial charge in [0.25, 0.3) is 0 Å². The van der Waals surface area contributed by atoms with Gasteiger partial charge < -0.3 is 10.1 Å². The molecule has 108 valence electrons. The molecule has 0 aliphatic rings. The largest absolute Gasteiger partial charge is 0.465 e. The van der Waals surface area contributed by atoms with Gasteiger partial charge in [-0.15, -0.1) is 0 Å². The third kappa shape index (κ3) is 4.07. The molecule has 0 spiro atoms. The summed E-state index contributed by atoms with van der Waals surface area (Å²) in [6.45, 7) is 0. The first kappa shape index (κ1) is 15.1. The van der Waals surface area contributed by atoms with E-state index < -0.39 is 5.97 Å². The van der Waals surface area contributed by atoms with Crippen LogP contribution in [-0.2, 0) is 16.0 Å². The van der Waals surface area contributed by atoms with Crippen LogP contribution >= 0.6 is 11.6 Å². The van der Waals surface area contributed by atoms with E-state index >= 15 is 0 Å². The third-order valence-corrected chi connectivity index (χ3v) is 3.20. The number of hydrogen-bond donors (Lipinski definition) is 1. The molecule has 0 heterocycles. The minimum absolute atomic E-state index is 0.204. The van der Waals surface area contributed by atoms with Crippen molar-refractivity contribution < 1.29 is 14.3 Å². The molecule has 0 bridgehead atoms. The Morgan fingerprint density at radius 1 is 1.14 bits per heavy atom. The highest BCUT2D eigenvalue weighted by Gasteiger charge is 2.11. The number of carbonyl (C=O) groups is 2. The van der Waals surface area contributed by atoms with Gasteiger partial charge in [0.1, 0.15) is 0 Å². The molecule has 0 aliphatic carbocycles. The molecule has 0 unspecified atom stereocenters. The van der Waals surface area contributed by atoms with Crippen LogP contribution in [0.3, 0.4) is 0 Å². The number of anilines is 1. The Kier molecular flexibility index (Phi) is 4.95. The van der Waals surface area contributed by atoms with Crippen molar-refractivity contribution in [2.45, 2.75) is 6.42 Å². The lowest BCUT2D eigenvalue weighted by Gasteiger charge is -2.09. The molecule has 0 saturated heterocycles. The second-order valence-corrected chi connectivity index (χ2v) is 4.80. The molecule has 2 aromatic carbocycles. The summed E-state index contributed by atoms with van der Waals surface area (Å²) >= 11 is 6.02. The lowest BCUT2D eigenvalue weighted by Crippen LogP contribution is -2.15. The zero-order valence-corrected chi connectivity index (χ0v) is 12.2. The molecule has 0 saturated carbocycles. The zero-order valence-electron chi connectivity index (χ0n) is 11.4. The number of hydrogen-bond acceptors (Lipinski definition) is 3. The molecule has 0 aromatic heterocycles.